The van der Waals surface area contributed by atoms with Crippen LogP contribution in [0.4, 0.5) is 5.82 Å². The SMILES string of the molecule is CCc1nc(N2CCCN(C(=O)C3CCC3)CC2)c2cnn(-c3ccc(C)cc3)c2n1. The summed E-state index contributed by atoms with van der Waals surface area (Å²) in [5.41, 5.74) is 3.06. The van der Waals surface area contributed by atoms with E-state index in [1.54, 1.807) is 0 Å². The number of carbonyl (C=O) groups is 1. The second kappa shape index (κ2) is 8.29. The molecule has 162 valence electrons. The summed E-state index contributed by atoms with van der Waals surface area (Å²) in [6.07, 6.45) is 6.92. The zero-order chi connectivity index (χ0) is 21.4. The summed E-state index contributed by atoms with van der Waals surface area (Å²) in [7, 11) is 0. The average Bonchev–Trinajstić information content (AvgIpc) is 3.01. The molecule has 1 aliphatic heterocycles. The lowest BCUT2D eigenvalue weighted by Crippen LogP contribution is -2.41. The number of nitrogens with zero attached hydrogens (tertiary/aromatic N) is 6. The Kier molecular flexibility index (Phi) is 5.34. The van der Waals surface area contributed by atoms with Gasteiger partial charge in [0.1, 0.15) is 11.6 Å². The number of hydrogen-bond acceptors (Lipinski definition) is 5. The fourth-order valence-electron chi connectivity index (χ4n) is 4.47. The Morgan fingerprint density at radius 1 is 1.03 bits per heavy atom. The maximum atomic E-state index is 12.7. The first-order chi connectivity index (χ1) is 15.1. The summed E-state index contributed by atoms with van der Waals surface area (Å²) >= 11 is 0. The molecule has 0 N–H and O–H groups in total. The first-order valence-electron chi connectivity index (χ1n) is 11.5. The van der Waals surface area contributed by atoms with E-state index in [9.17, 15) is 4.79 Å². The Morgan fingerprint density at radius 3 is 2.55 bits per heavy atom. The molecule has 0 spiro atoms. The van der Waals surface area contributed by atoms with Crippen molar-refractivity contribution in [2.24, 2.45) is 5.92 Å². The van der Waals surface area contributed by atoms with Gasteiger partial charge in [-0.05, 0) is 38.3 Å². The minimum absolute atomic E-state index is 0.261. The van der Waals surface area contributed by atoms with Gasteiger partial charge in [-0.2, -0.15) is 5.10 Å². The first kappa shape index (κ1) is 20.0. The molecule has 5 rings (SSSR count). The zero-order valence-corrected chi connectivity index (χ0v) is 18.4. The van der Waals surface area contributed by atoms with Crippen LogP contribution < -0.4 is 4.90 Å². The number of carbonyl (C=O) groups excluding carboxylic acids is 1. The van der Waals surface area contributed by atoms with Crippen LogP contribution in [0.1, 0.15) is 44.0 Å². The molecule has 0 radical (unpaired) electrons. The molecule has 3 aromatic rings. The fraction of sp³-hybridized carbons (Fsp3) is 0.500. The van der Waals surface area contributed by atoms with Gasteiger partial charge in [-0.1, -0.05) is 31.0 Å². The van der Waals surface area contributed by atoms with Crippen molar-refractivity contribution in [2.75, 3.05) is 31.1 Å². The van der Waals surface area contributed by atoms with Crippen LogP contribution in [0.3, 0.4) is 0 Å². The number of rotatable bonds is 4. The van der Waals surface area contributed by atoms with E-state index in [4.69, 9.17) is 9.97 Å². The van der Waals surface area contributed by atoms with Gasteiger partial charge >= 0.3 is 0 Å². The molecule has 1 aromatic carbocycles. The van der Waals surface area contributed by atoms with Gasteiger partial charge in [0, 0.05) is 38.5 Å². The minimum Gasteiger partial charge on any atom is -0.354 e. The van der Waals surface area contributed by atoms with Crippen molar-refractivity contribution in [3.05, 3.63) is 41.9 Å². The highest BCUT2D eigenvalue weighted by molar-refractivity contribution is 5.88. The second-order valence-electron chi connectivity index (χ2n) is 8.74. The van der Waals surface area contributed by atoms with Crippen molar-refractivity contribution in [3.63, 3.8) is 0 Å². The highest BCUT2D eigenvalue weighted by Crippen LogP contribution is 2.30. The summed E-state index contributed by atoms with van der Waals surface area (Å²) in [6, 6.07) is 8.33. The Labute approximate surface area is 183 Å². The lowest BCUT2D eigenvalue weighted by atomic mass is 9.84. The number of anilines is 1. The number of aryl methyl sites for hydroxylation is 2. The number of fused-ring (bicyclic) bond motifs is 1. The average molecular weight is 419 g/mol. The van der Waals surface area contributed by atoms with Crippen LogP contribution in [0.25, 0.3) is 16.7 Å². The molecule has 1 saturated heterocycles. The van der Waals surface area contributed by atoms with E-state index < -0.39 is 0 Å². The summed E-state index contributed by atoms with van der Waals surface area (Å²) < 4.78 is 1.91. The van der Waals surface area contributed by atoms with Gasteiger partial charge in [0.25, 0.3) is 0 Å². The van der Waals surface area contributed by atoms with E-state index in [2.05, 4.69) is 53.0 Å². The van der Waals surface area contributed by atoms with E-state index in [0.29, 0.717) is 5.91 Å². The predicted octanol–water partition coefficient (Wildman–Crippen LogP) is 3.53. The molecular formula is C24H30N6O. The van der Waals surface area contributed by atoms with Gasteiger partial charge in [0.2, 0.25) is 5.91 Å². The second-order valence-corrected chi connectivity index (χ2v) is 8.74. The smallest absolute Gasteiger partial charge is 0.225 e. The van der Waals surface area contributed by atoms with E-state index in [0.717, 1.165) is 80.2 Å². The molecule has 2 fully saturated rings. The van der Waals surface area contributed by atoms with Crippen molar-refractivity contribution in [1.29, 1.82) is 0 Å². The van der Waals surface area contributed by atoms with E-state index >= 15 is 0 Å². The first-order valence-corrected chi connectivity index (χ1v) is 11.5. The Hall–Kier alpha value is -2.96. The third-order valence-corrected chi connectivity index (χ3v) is 6.61. The highest BCUT2D eigenvalue weighted by atomic mass is 16.2. The van der Waals surface area contributed by atoms with Crippen LogP contribution in [0, 0.1) is 12.8 Å². The number of aromatic nitrogens is 4. The molecule has 2 aromatic heterocycles. The molecule has 1 amide bonds. The number of benzene rings is 1. The largest absolute Gasteiger partial charge is 0.354 e. The van der Waals surface area contributed by atoms with Crippen molar-refractivity contribution in [1.82, 2.24) is 24.6 Å². The maximum absolute atomic E-state index is 12.7. The van der Waals surface area contributed by atoms with Crippen LogP contribution in [0.2, 0.25) is 0 Å². The van der Waals surface area contributed by atoms with Crippen LogP contribution in [0.15, 0.2) is 30.5 Å². The molecule has 7 nitrogen and oxygen atoms in total. The number of amides is 1. The van der Waals surface area contributed by atoms with E-state index in [1.165, 1.54) is 12.0 Å². The van der Waals surface area contributed by atoms with Crippen molar-refractivity contribution in [2.45, 2.75) is 46.0 Å². The third-order valence-electron chi connectivity index (χ3n) is 6.61. The third kappa shape index (κ3) is 3.77. The van der Waals surface area contributed by atoms with Crippen molar-refractivity contribution < 1.29 is 4.79 Å². The Bertz CT molecular complexity index is 1090. The van der Waals surface area contributed by atoms with Crippen LogP contribution >= 0.6 is 0 Å². The van der Waals surface area contributed by atoms with Crippen LogP contribution in [-0.2, 0) is 11.2 Å². The van der Waals surface area contributed by atoms with Crippen molar-refractivity contribution >= 4 is 22.8 Å². The van der Waals surface area contributed by atoms with Crippen molar-refractivity contribution in [3.8, 4) is 5.69 Å². The standard InChI is InChI=1S/C24H30N6O/c1-3-21-26-22(28-12-5-13-29(15-14-28)24(31)18-6-4-7-18)20-16-25-30(23(20)27-21)19-10-8-17(2)9-11-19/h8-11,16,18H,3-7,12-15H2,1-2H3. The molecule has 7 heteroatoms. The molecule has 2 aliphatic rings. The summed E-state index contributed by atoms with van der Waals surface area (Å²) in [5.74, 6) is 2.38. The minimum atomic E-state index is 0.261. The van der Waals surface area contributed by atoms with Gasteiger partial charge in [-0.3, -0.25) is 4.79 Å². The van der Waals surface area contributed by atoms with Gasteiger partial charge in [0.05, 0.1) is 17.3 Å². The molecule has 0 bridgehead atoms. The van der Waals surface area contributed by atoms with Crippen LogP contribution in [0.5, 0.6) is 0 Å². The quantitative estimate of drug-likeness (QED) is 0.648. The molecule has 1 aliphatic carbocycles. The molecular weight excluding hydrogens is 388 g/mol. The topological polar surface area (TPSA) is 67.2 Å². The van der Waals surface area contributed by atoms with Gasteiger partial charge < -0.3 is 9.80 Å². The monoisotopic (exact) mass is 418 g/mol. The van der Waals surface area contributed by atoms with E-state index in [1.807, 2.05) is 10.9 Å². The molecule has 0 atom stereocenters. The highest BCUT2D eigenvalue weighted by Gasteiger charge is 2.31. The Balaban J connectivity index is 1.46. The fourth-order valence-corrected chi connectivity index (χ4v) is 4.47. The summed E-state index contributed by atoms with van der Waals surface area (Å²) in [6.45, 7) is 7.44. The molecule has 31 heavy (non-hydrogen) atoms. The number of hydrogen-bond donors (Lipinski definition) is 0. The predicted molar refractivity (Wildman–Crippen MR) is 122 cm³/mol. The molecule has 0 unspecified atom stereocenters. The molecule has 1 saturated carbocycles. The zero-order valence-electron chi connectivity index (χ0n) is 18.4. The van der Waals surface area contributed by atoms with Gasteiger partial charge in [0.15, 0.2) is 5.65 Å². The summed E-state index contributed by atoms with van der Waals surface area (Å²) in [5, 5.41) is 5.63. The van der Waals surface area contributed by atoms with Gasteiger partial charge in [-0.15, -0.1) is 0 Å². The lowest BCUT2D eigenvalue weighted by Gasteiger charge is -2.31. The van der Waals surface area contributed by atoms with Crippen LogP contribution in [-0.4, -0.2) is 56.7 Å². The summed E-state index contributed by atoms with van der Waals surface area (Å²) in [4.78, 5) is 26.8. The molecule has 3 heterocycles. The lowest BCUT2D eigenvalue weighted by molar-refractivity contribution is -0.137. The normalized spacial score (nSPS) is 17.6. The maximum Gasteiger partial charge on any atom is 0.225 e. The van der Waals surface area contributed by atoms with Gasteiger partial charge in [-0.25, -0.2) is 14.6 Å². The Morgan fingerprint density at radius 2 is 1.84 bits per heavy atom. The van der Waals surface area contributed by atoms with E-state index in [-0.39, 0.29) is 5.92 Å².